The van der Waals surface area contributed by atoms with Gasteiger partial charge in [0, 0.05) is 58.0 Å². The second kappa shape index (κ2) is 9.79. The Kier molecular flexibility index (Phi) is 6.41. The van der Waals surface area contributed by atoms with Gasteiger partial charge in [-0.3, -0.25) is 14.2 Å². The Balaban J connectivity index is 1.26. The molecule has 5 rings (SSSR count). The third kappa shape index (κ3) is 5.14. The van der Waals surface area contributed by atoms with E-state index in [9.17, 15) is 9.59 Å². The molecule has 0 aliphatic carbocycles. The summed E-state index contributed by atoms with van der Waals surface area (Å²) < 4.78 is 12.4. The number of hydrogen-bond acceptors (Lipinski definition) is 8. The van der Waals surface area contributed by atoms with E-state index in [1.54, 1.807) is 34.3 Å². The average molecular weight is 498 g/mol. The molecule has 1 unspecified atom stereocenters. The second-order valence-electron chi connectivity index (χ2n) is 8.30. The standard InChI is InChI=1S/C23H24ClN7O4/c1-15(32)31-7-6-29(21-10-20(24)27-23(28-21)30-5-4-25-13-30)12-17(31)9-22(33)26-11-16-2-3-18-19(8-16)35-14-34-18/h2-5,8,10,13,17H,6-7,9,11-12,14H2,1H3,(H,26,33). The first-order valence-electron chi connectivity index (χ1n) is 11.2. The molecular weight excluding hydrogens is 474 g/mol. The minimum Gasteiger partial charge on any atom is -0.454 e. The lowest BCUT2D eigenvalue weighted by Crippen LogP contribution is -2.56. The van der Waals surface area contributed by atoms with Crippen LogP contribution in [-0.4, -0.2) is 68.7 Å². The lowest BCUT2D eigenvalue weighted by atomic mass is 10.1. The van der Waals surface area contributed by atoms with Crippen molar-refractivity contribution < 1.29 is 19.1 Å². The molecule has 182 valence electrons. The van der Waals surface area contributed by atoms with Gasteiger partial charge in [0.05, 0.1) is 6.04 Å². The first-order chi connectivity index (χ1) is 17.0. The third-order valence-electron chi connectivity index (χ3n) is 5.96. The third-order valence-corrected chi connectivity index (χ3v) is 6.16. The van der Waals surface area contributed by atoms with Gasteiger partial charge < -0.3 is 24.6 Å². The van der Waals surface area contributed by atoms with Crippen molar-refractivity contribution >= 4 is 29.2 Å². The Hall–Kier alpha value is -3.86. The van der Waals surface area contributed by atoms with Crippen LogP contribution in [0.15, 0.2) is 43.0 Å². The zero-order valence-corrected chi connectivity index (χ0v) is 19.8. The maximum atomic E-state index is 12.8. The molecule has 1 saturated heterocycles. The van der Waals surface area contributed by atoms with Crippen molar-refractivity contribution in [3.05, 3.63) is 53.7 Å². The second-order valence-corrected chi connectivity index (χ2v) is 8.69. The van der Waals surface area contributed by atoms with E-state index < -0.39 is 0 Å². The highest BCUT2D eigenvalue weighted by Gasteiger charge is 2.31. The molecule has 0 spiro atoms. The summed E-state index contributed by atoms with van der Waals surface area (Å²) in [6.45, 7) is 3.54. The number of ether oxygens (including phenoxy) is 2. The lowest BCUT2D eigenvalue weighted by molar-refractivity contribution is -0.133. The van der Waals surface area contributed by atoms with Crippen molar-refractivity contribution in [3.8, 4) is 17.4 Å². The molecule has 0 bridgehead atoms. The zero-order chi connectivity index (χ0) is 24.4. The van der Waals surface area contributed by atoms with Crippen LogP contribution in [-0.2, 0) is 16.1 Å². The summed E-state index contributed by atoms with van der Waals surface area (Å²) >= 11 is 6.26. The summed E-state index contributed by atoms with van der Waals surface area (Å²) in [5, 5.41) is 3.24. The van der Waals surface area contributed by atoms with Gasteiger partial charge in [0.1, 0.15) is 17.3 Å². The summed E-state index contributed by atoms with van der Waals surface area (Å²) in [5.74, 6) is 2.17. The van der Waals surface area contributed by atoms with Crippen LogP contribution in [0.5, 0.6) is 11.5 Å². The highest BCUT2D eigenvalue weighted by molar-refractivity contribution is 6.29. The number of carbonyl (C=O) groups excluding carboxylic acids is 2. The van der Waals surface area contributed by atoms with Gasteiger partial charge in [-0.05, 0) is 17.7 Å². The summed E-state index contributed by atoms with van der Waals surface area (Å²) in [5.41, 5.74) is 0.902. The first-order valence-corrected chi connectivity index (χ1v) is 11.5. The first kappa shape index (κ1) is 22.9. The maximum absolute atomic E-state index is 12.8. The van der Waals surface area contributed by atoms with E-state index in [4.69, 9.17) is 21.1 Å². The molecule has 1 aromatic carbocycles. The molecule has 4 heterocycles. The van der Waals surface area contributed by atoms with Gasteiger partial charge in [0.15, 0.2) is 11.5 Å². The Bertz CT molecular complexity index is 1240. The van der Waals surface area contributed by atoms with Gasteiger partial charge >= 0.3 is 0 Å². The van der Waals surface area contributed by atoms with E-state index in [0.717, 1.165) is 5.56 Å². The molecule has 1 fully saturated rings. The number of rotatable bonds is 6. The summed E-state index contributed by atoms with van der Waals surface area (Å²) in [4.78, 5) is 41.7. The summed E-state index contributed by atoms with van der Waals surface area (Å²) in [6.07, 6.45) is 5.12. The molecule has 0 saturated carbocycles. The molecule has 12 heteroatoms. The van der Waals surface area contributed by atoms with Gasteiger partial charge in [-0.1, -0.05) is 17.7 Å². The molecule has 2 aliphatic rings. The number of benzene rings is 1. The maximum Gasteiger partial charge on any atom is 0.238 e. The number of halogens is 1. The number of amides is 2. The van der Waals surface area contributed by atoms with E-state index in [0.29, 0.717) is 54.6 Å². The van der Waals surface area contributed by atoms with E-state index in [1.165, 1.54) is 6.92 Å². The molecule has 35 heavy (non-hydrogen) atoms. The Morgan fingerprint density at radius 3 is 2.83 bits per heavy atom. The van der Waals surface area contributed by atoms with Crippen LogP contribution in [0.1, 0.15) is 18.9 Å². The van der Waals surface area contributed by atoms with Crippen LogP contribution in [0.3, 0.4) is 0 Å². The molecule has 2 aliphatic heterocycles. The molecular formula is C23H24ClN7O4. The molecule has 2 amide bonds. The highest BCUT2D eigenvalue weighted by Crippen LogP contribution is 2.32. The number of fused-ring (bicyclic) bond motifs is 1. The number of carbonyl (C=O) groups is 2. The zero-order valence-electron chi connectivity index (χ0n) is 19.1. The van der Waals surface area contributed by atoms with Crippen LogP contribution >= 0.6 is 11.6 Å². The quantitative estimate of drug-likeness (QED) is 0.513. The molecule has 11 nitrogen and oxygen atoms in total. The van der Waals surface area contributed by atoms with E-state index in [1.807, 2.05) is 23.1 Å². The monoisotopic (exact) mass is 497 g/mol. The molecule has 2 aromatic heterocycles. The minimum atomic E-state index is -0.316. The number of anilines is 1. The van der Waals surface area contributed by atoms with Crippen LogP contribution < -0.4 is 19.7 Å². The van der Waals surface area contributed by atoms with Crippen LogP contribution in [0.4, 0.5) is 5.82 Å². The molecule has 3 aromatic rings. The van der Waals surface area contributed by atoms with Crippen molar-refractivity contribution in [2.75, 3.05) is 31.3 Å². The Labute approximate surface area is 206 Å². The fraction of sp³-hybridized carbons (Fsp3) is 0.348. The predicted molar refractivity (Wildman–Crippen MR) is 127 cm³/mol. The van der Waals surface area contributed by atoms with Gasteiger partial charge in [0.25, 0.3) is 0 Å². The number of piperazine rings is 1. The van der Waals surface area contributed by atoms with Crippen molar-refractivity contribution in [2.45, 2.75) is 25.9 Å². The van der Waals surface area contributed by atoms with Gasteiger partial charge in [-0.15, -0.1) is 0 Å². The Morgan fingerprint density at radius 1 is 1.17 bits per heavy atom. The van der Waals surface area contributed by atoms with E-state index >= 15 is 0 Å². The fourth-order valence-electron chi connectivity index (χ4n) is 4.24. The topological polar surface area (TPSA) is 115 Å². The average Bonchev–Trinajstić information content (AvgIpc) is 3.54. The summed E-state index contributed by atoms with van der Waals surface area (Å²) in [6, 6.07) is 6.93. The number of hydrogen-bond donors (Lipinski definition) is 1. The normalized spacial score (nSPS) is 16.9. The number of nitrogens with one attached hydrogen (secondary N) is 1. The lowest BCUT2D eigenvalue weighted by Gasteiger charge is -2.41. The summed E-state index contributed by atoms with van der Waals surface area (Å²) in [7, 11) is 0. The molecule has 1 N–H and O–H groups in total. The molecule has 1 atom stereocenters. The van der Waals surface area contributed by atoms with Gasteiger partial charge in [-0.2, -0.15) is 4.98 Å². The van der Waals surface area contributed by atoms with Gasteiger partial charge in [0.2, 0.25) is 24.6 Å². The van der Waals surface area contributed by atoms with E-state index in [2.05, 4.69) is 20.3 Å². The SMILES string of the molecule is CC(=O)N1CCN(c2cc(Cl)nc(-n3ccnc3)n2)CC1CC(=O)NCc1ccc2c(c1)OCO2. The van der Waals surface area contributed by atoms with Crippen molar-refractivity contribution in [3.63, 3.8) is 0 Å². The number of nitrogens with zero attached hydrogens (tertiary/aromatic N) is 6. The van der Waals surface area contributed by atoms with Gasteiger partial charge in [-0.25, -0.2) is 9.97 Å². The number of aromatic nitrogens is 4. The minimum absolute atomic E-state index is 0.0713. The van der Waals surface area contributed by atoms with Crippen LogP contribution in [0, 0.1) is 0 Å². The highest BCUT2D eigenvalue weighted by atomic mass is 35.5. The smallest absolute Gasteiger partial charge is 0.238 e. The predicted octanol–water partition coefficient (Wildman–Crippen LogP) is 1.79. The van der Waals surface area contributed by atoms with Crippen molar-refractivity contribution in [2.24, 2.45) is 0 Å². The van der Waals surface area contributed by atoms with Crippen molar-refractivity contribution in [1.29, 1.82) is 0 Å². The van der Waals surface area contributed by atoms with Crippen LogP contribution in [0.2, 0.25) is 5.15 Å². The largest absolute Gasteiger partial charge is 0.454 e. The number of imidazole rings is 1. The Morgan fingerprint density at radius 2 is 2.03 bits per heavy atom. The van der Waals surface area contributed by atoms with E-state index in [-0.39, 0.29) is 31.1 Å². The fourth-order valence-corrected chi connectivity index (χ4v) is 4.41. The molecule has 0 radical (unpaired) electrons. The van der Waals surface area contributed by atoms with Crippen LogP contribution in [0.25, 0.3) is 5.95 Å². The van der Waals surface area contributed by atoms with Crippen molar-refractivity contribution in [1.82, 2.24) is 29.7 Å².